The summed E-state index contributed by atoms with van der Waals surface area (Å²) in [6.45, 7) is 8.04. The number of carbonyl (C=O) groups is 1. The predicted octanol–water partition coefficient (Wildman–Crippen LogP) is 3.87. The normalized spacial score (nSPS) is 10.7. The fourth-order valence-electron chi connectivity index (χ4n) is 2.55. The Kier molecular flexibility index (Phi) is 5.36. The largest absolute Gasteiger partial charge is 0.483 e. The van der Waals surface area contributed by atoms with Gasteiger partial charge < -0.3 is 4.74 Å². The summed E-state index contributed by atoms with van der Waals surface area (Å²) < 4.78 is 7.11. The Balaban J connectivity index is 2.08. The Morgan fingerprint density at radius 1 is 1.23 bits per heavy atom. The van der Waals surface area contributed by atoms with E-state index in [2.05, 4.69) is 12.0 Å². The quantitative estimate of drug-likeness (QED) is 0.813. The molecule has 0 fully saturated rings. The number of unbranched alkanes of at least 4 members (excludes halogenated alkanes) is 1. The van der Waals surface area contributed by atoms with Crippen molar-refractivity contribution in [1.29, 1.82) is 0 Å². The summed E-state index contributed by atoms with van der Waals surface area (Å²) in [6.07, 6.45) is 3.22. The lowest BCUT2D eigenvalue weighted by atomic mass is 10.1. The first-order chi connectivity index (χ1) is 10.5. The van der Waals surface area contributed by atoms with Crippen molar-refractivity contribution in [3.63, 3.8) is 0 Å². The van der Waals surface area contributed by atoms with E-state index in [0.717, 1.165) is 42.0 Å². The molecule has 1 aromatic carbocycles. The topological polar surface area (TPSA) is 44.1 Å². The van der Waals surface area contributed by atoms with Crippen molar-refractivity contribution in [2.45, 2.75) is 47.0 Å². The standard InChI is InChI=1S/C18H24N2O2/c1-5-6-10-16-14(3)19-20(15(16)4)18(21)12-22-17-11-8-7-9-13(17)2/h7-9,11H,5-6,10,12H2,1-4H3. The van der Waals surface area contributed by atoms with Gasteiger partial charge in [-0.15, -0.1) is 0 Å². The van der Waals surface area contributed by atoms with E-state index in [4.69, 9.17) is 4.74 Å². The SMILES string of the molecule is CCCCc1c(C)nn(C(=O)COc2ccccc2C)c1C. The van der Waals surface area contributed by atoms with Crippen LogP contribution in [0.1, 0.15) is 47.1 Å². The maximum absolute atomic E-state index is 12.4. The third kappa shape index (κ3) is 3.56. The van der Waals surface area contributed by atoms with Crippen molar-refractivity contribution in [3.05, 3.63) is 46.8 Å². The zero-order valence-corrected chi connectivity index (χ0v) is 13.8. The molecule has 1 aromatic heterocycles. The van der Waals surface area contributed by atoms with Crippen molar-refractivity contribution in [2.24, 2.45) is 0 Å². The van der Waals surface area contributed by atoms with Crippen LogP contribution in [0.3, 0.4) is 0 Å². The molecule has 0 aliphatic heterocycles. The second kappa shape index (κ2) is 7.25. The van der Waals surface area contributed by atoms with Crippen LogP contribution >= 0.6 is 0 Å². The Morgan fingerprint density at radius 3 is 2.64 bits per heavy atom. The predicted molar refractivity (Wildman–Crippen MR) is 87.6 cm³/mol. The number of aromatic nitrogens is 2. The van der Waals surface area contributed by atoms with E-state index < -0.39 is 0 Å². The lowest BCUT2D eigenvalue weighted by Crippen LogP contribution is -2.22. The van der Waals surface area contributed by atoms with Gasteiger partial charge in [0.1, 0.15) is 5.75 Å². The van der Waals surface area contributed by atoms with Gasteiger partial charge in [0.05, 0.1) is 5.69 Å². The molecule has 0 saturated heterocycles. The van der Waals surface area contributed by atoms with Crippen LogP contribution in [0.4, 0.5) is 0 Å². The first-order valence-electron chi connectivity index (χ1n) is 7.81. The number of rotatable bonds is 6. The van der Waals surface area contributed by atoms with Crippen molar-refractivity contribution in [3.8, 4) is 5.75 Å². The monoisotopic (exact) mass is 300 g/mol. The van der Waals surface area contributed by atoms with Gasteiger partial charge in [-0.25, -0.2) is 4.68 Å². The van der Waals surface area contributed by atoms with Crippen LogP contribution in [-0.4, -0.2) is 22.3 Å². The Morgan fingerprint density at radius 2 is 1.95 bits per heavy atom. The number of carbonyl (C=O) groups excluding carboxylic acids is 1. The van der Waals surface area contributed by atoms with E-state index in [1.54, 1.807) is 0 Å². The minimum absolute atomic E-state index is 0.0000309. The number of aryl methyl sites for hydroxylation is 2. The smallest absolute Gasteiger partial charge is 0.284 e. The molecule has 2 rings (SSSR count). The molecule has 0 amide bonds. The van der Waals surface area contributed by atoms with Gasteiger partial charge in [0.15, 0.2) is 6.61 Å². The van der Waals surface area contributed by atoms with Crippen molar-refractivity contribution >= 4 is 5.91 Å². The number of hydrogen-bond donors (Lipinski definition) is 0. The summed E-state index contributed by atoms with van der Waals surface area (Å²) in [4.78, 5) is 12.4. The summed E-state index contributed by atoms with van der Waals surface area (Å²) in [6, 6.07) is 7.69. The van der Waals surface area contributed by atoms with Crippen LogP contribution < -0.4 is 4.74 Å². The molecule has 0 aliphatic carbocycles. The molecule has 0 spiro atoms. The van der Waals surface area contributed by atoms with Crippen LogP contribution in [0.5, 0.6) is 5.75 Å². The van der Waals surface area contributed by atoms with Gasteiger partial charge in [0, 0.05) is 5.69 Å². The molecule has 4 nitrogen and oxygen atoms in total. The molecule has 22 heavy (non-hydrogen) atoms. The number of para-hydroxylation sites is 1. The number of hydrogen-bond acceptors (Lipinski definition) is 3. The zero-order chi connectivity index (χ0) is 16.1. The van der Waals surface area contributed by atoms with Gasteiger partial charge in [-0.05, 0) is 50.8 Å². The van der Waals surface area contributed by atoms with Gasteiger partial charge in [-0.3, -0.25) is 4.79 Å². The van der Waals surface area contributed by atoms with Gasteiger partial charge in [0.25, 0.3) is 5.91 Å². The van der Waals surface area contributed by atoms with E-state index in [9.17, 15) is 4.79 Å². The van der Waals surface area contributed by atoms with Gasteiger partial charge in [0.2, 0.25) is 0 Å². The first kappa shape index (κ1) is 16.3. The molecule has 4 heteroatoms. The summed E-state index contributed by atoms with van der Waals surface area (Å²) >= 11 is 0. The number of nitrogens with zero attached hydrogens (tertiary/aromatic N) is 2. The molecule has 0 saturated carbocycles. The van der Waals surface area contributed by atoms with E-state index >= 15 is 0 Å². The second-order valence-corrected chi connectivity index (χ2v) is 5.61. The number of benzene rings is 1. The Labute approximate surface area is 132 Å². The van der Waals surface area contributed by atoms with Crippen LogP contribution in [0.2, 0.25) is 0 Å². The van der Waals surface area contributed by atoms with Crippen molar-refractivity contribution in [2.75, 3.05) is 6.61 Å². The molecule has 0 unspecified atom stereocenters. The Hall–Kier alpha value is -2.10. The fourth-order valence-corrected chi connectivity index (χ4v) is 2.55. The number of ether oxygens (including phenoxy) is 1. The van der Waals surface area contributed by atoms with E-state index in [1.165, 1.54) is 10.2 Å². The van der Waals surface area contributed by atoms with Crippen LogP contribution in [0.25, 0.3) is 0 Å². The van der Waals surface area contributed by atoms with Gasteiger partial charge in [-0.2, -0.15) is 5.10 Å². The third-order valence-electron chi connectivity index (χ3n) is 3.90. The summed E-state index contributed by atoms with van der Waals surface area (Å²) in [5, 5.41) is 4.38. The minimum Gasteiger partial charge on any atom is -0.483 e. The molecular formula is C18H24N2O2. The fraction of sp³-hybridized carbons (Fsp3) is 0.444. The highest BCUT2D eigenvalue weighted by atomic mass is 16.5. The average molecular weight is 300 g/mol. The van der Waals surface area contributed by atoms with E-state index in [-0.39, 0.29) is 12.5 Å². The molecule has 0 N–H and O–H groups in total. The highest BCUT2D eigenvalue weighted by Crippen LogP contribution is 2.18. The van der Waals surface area contributed by atoms with Crippen LogP contribution in [-0.2, 0) is 6.42 Å². The molecule has 0 radical (unpaired) electrons. The first-order valence-corrected chi connectivity index (χ1v) is 7.81. The minimum atomic E-state index is -0.133. The summed E-state index contributed by atoms with van der Waals surface area (Å²) in [7, 11) is 0. The average Bonchev–Trinajstić information content (AvgIpc) is 2.79. The van der Waals surface area contributed by atoms with Gasteiger partial charge in [-0.1, -0.05) is 31.5 Å². The summed E-state index contributed by atoms with van der Waals surface area (Å²) in [5.41, 5.74) is 4.08. The third-order valence-corrected chi connectivity index (χ3v) is 3.90. The molecule has 118 valence electrons. The lowest BCUT2D eigenvalue weighted by molar-refractivity contribution is 0.0817. The van der Waals surface area contributed by atoms with Crippen LogP contribution in [0, 0.1) is 20.8 Å². The molecule has 0 bridgehead atoms. The molecule has 2 aromatic rings. The maximum Gasteiger partial charge on any atom is 0.284 e. The molecular weight excluding hydrogens is 276 g/mol. The van der Waals surface area contributed by atoms with E-state index in [1.807, 2.05) is 45.0 Å². The van der Waals surface area contributed by atoms with Crippen LogP contribution in [0.15, 0.2) is 24.3 Å². The second-order valence-electron chi connectivity index (χ2n) is 5.61. The van der Waals surface area contributed by atoms with Crippen molar-refractivity contribution < 1.29 is 9.53 Å². The lowest BCUT2D eigenvalue weighted by Gasteiger charge is -2.09. The summed E-state index contributed by atoms with van der Waals surface area (Å²) in [5.74, 6) is 0.607. The van der Waals surface area contributed by atoms with E-state index in [0.29, 0.717) is 0 Å². The van der Waals surface area contributed by atoms with Gasteiger partial charge >= 0.3 is 0 Å². The maximum atomic E-state index is 12.4. The molecule has 1 heterocycles. The molecule has 0 atom stereocenters. The zero-order valence-electron chi connectivity index (χ0n) is 13.8. The highest BCUT2D eigenvalue weighted by molar-refractivity contribution is 5.80. The molecule has 0 aliphatic rings. The van der Waals surface area contributed by atoms with Crippen molar-refractivity contribution in [1.82, 2.24) is 9.78 Å². The highest BCUT2D eigenvalue weighted by Gasteiger charge is 2.16. The Bertz CT molecular complexity index is 659.